The standard InChI is InChI=1S/C22H22Cl2N6OS/c1-22(25)7-10-30(11-8-22)17-12-28-18(13-27-17)32-16-6-2-5-15(19(16)23)29-21(31)14-4-3-9-26-20(14)24/h2-6,9,12-13H,7-8,10-11,25H2,1H3,(H,29,31). The molecule has 0 radical (unpaired) electrons. The van der Waals surface area contributed by atoms with Gasteiger partial charge in [-0.2, -0.15) is 0 Å². The summed E-state index contributed by atoms with van der Waals surface area (Å²) in [4.78, 5) is 28.5. The van der Waals surface area contributed by atoms with Crippen LogP contribution in [0, 0.1) is 0 Å². The van der Waals surface area contributed by atoms with E-state index in [9.17, 15) is 4.79 Å². The van der Waals surface area contributed by atoms with E-state index < -0.39 is 0 Å². The number of rotatable bonds is 5. The number of hydrogen-bond donors (Lipinski definition) is 2. The molecule has 3 heterocycles. The van der Waals surface area contributed by atoms with E-state index in [4.69, 9.17) is 28.9 Å². The number of carbonyl (C=O) groups excluding carboxylic acids is 1. The molecule has 32 heavy (non-hydrogen) atoms. The average molecular weight is 489 g/mol. The summed E-state index contributed by atoms with van der Waals surface area (Å²) in [7, 11) is 0. The Labute approximate surface area is 200 Å². The number of carbonyl (C=O) groups is 1. The summed E-state index contributed by atoms with van der Waals surface area (Å²) in [6, 6.07) is 8.65. The van der Waals surface area contributed by atoms with Crippen LogP contribution in [0.5, 0.6) is 0 Å². The Balaban J connectivity index is 1.45. The number of nitrogens with one attached hydrogen (secondary N) is 1. The van der Waals surface area contributed by atoms with Crippen molar-refractivity contribution in [1.82, 2.24) is 15.0 Å². The van der Waals surface area contributed by atoms with Crippen LogP contribution in [0.1, 0.15) is 30.1 Å². The van der Waals surface area contributed by atoms with Crippen LogP contribution < -0.4 is 16.0 Å². The highest BCUT2D eigenvalue weighted by atomic mass is 35.5. The van der Waals surface area contributed by atoms with Crippen LogP contribution in [0.2, 0.25) is 10.2 Å². The van der Waals surface area contributed by atoms with Crippen molar-refractivity contribution >= 4 is 52.4 Å². The zero-order valence-electron chi connectivity index (χ0n) is 17.4. The van der Waals surface area contributed by atoms with Crippen LogP contribution in [0.25, 0.3) is 0 Å². The first-order valence-electron chi connectivity index (χ1n) is 10.1. The minimum atomic E-state index is -0.383. The molecule has 0 unspecified atom stereocenters. The lowest BCUT2D eigenvalue weighted by Gasteiger charge is -2.37. The number of piperidine rings is 1. The summed E-state index contributed by atoms with van der Waals surface area (Å²) in [6.45, 7) is 3.81. The molecule has 0 spiro atoms. The predicted octanol–water partition coefficient (Wildman–Crippen LogP) is 4.90. The highest BCUT2D eigenvalue weighted by molar-refractivity contribution is 7.99. The van der Waals surface area contributed by atoms with Crippen molar-refractivity contribution in [3.05, 3.63) is 64.7 Å². The number of pyridine rings is 1. The number of hydrogen-bond acceptors (Lipinski definition) is 7. The molecular formula is C22H22Cl2N6OS. The van der Waals surface area contributed by atoms with E-state index in [0.29, 0.717) is 15.7 Å². The third kappa shape index (κ3) is 5.32. The maximum Gasteiger partial charge on any atom is 0.258 e. The largest absolute Gasteiger partial charge is 0.355 e. The van der Waals surface area contributed by atoms with Gasteiger partial charge in [-0.15, -0.1) is 0 Å². The molecule has 1 aliphatic rings. The molecule has 0 bridgehead atoms. The molecule has 0 atom stereocenters. The third-order valence-corrected chi connectivity index (χ3v) is 7.07. The Bertz CT molecular complexity index is 1120. The van der Waals surface area contributed by atoms with E-state index in [2.05, 4.69) is 32.1 Å². The second-order valence-electron chi connectivity index (χ2n) is 7.87. The fraction of sp³-hybridized carbons (Fsp3) is 0.273. The summed E-state index contributed by atoms with van der Waals surface area (Å²) < 4.78 is 0. The van der Waals surface area contributed by atoms with Crippen molar-refractivity contribution < 1.29 is 4.79 Å². The molecule has 1 aliphatic heterocycles. The molecular weight excluding hydrogens is 467 g/mol. The molecule has 10 heteroatoms. The number of nitrogens with two attached hydrogens (primary N) is 1. The normalized spacial score (nSPS) is 15.4. The van der Waals surface area contributed by atoms with Crippen LogP contribution in [0.15, 0.2) is 58.8 Å². The SMILES string of the molecule is CC1(N)CCN(c2cnc(Sc3cccc(NC(=O)c4cccnc4Cl)c3Cl)cn2)CC1. The van der Waals surface area contributed by atoms with E-state index in [1.54, 1.807) is 30.6 Å². The Morgan fingerprint density at radius 2 is 1.91 bits per heavy atom. The number of aromatic nitrogens is 3. The smallest absolute Gasteiger partial charge is 0.258 e. The lowest BCUT2D eigenvalue weighted by Crippen LogP contribution is -2.48. The predicted molar refractivity (Wildman–Crippen MR) is 129 cm³/mol. The van der Waals surface area contributed by atoms with Crippen molar-refractivity contribution in [2.45, 2.75) is 35.2 Å². The van der Waals surface area contributed by atoms with E-state index in [-0.39, 0.29) is 22.2 Å². The summed E-state index contributed by atoms with van der Waals surface area (Å²) >= 11 is 13.9. The van der Waals surface area contributed by atoms with E-state index in [0.717, 1.165) is 36.6 Å². The van der Waals surface area contributed by atoms with Gasteiger partial charge in [0, 0.05) is 29.7 Å². The minimum Gasteiger partial charge on any atom is -0.355 e. The van der Waals surface area contributed by atoms with E-state index in [1.165, 1.54) is 18.0 Å². The van der Waals surface area contributed by atoms with Gasteiger partial charge in [0.1, 0.15) is 16.0 Å². The van der Waals surface area contributed by atoms with Crippen LogP contribution in [0.4, 0.5) is 11.5 Å². The molecule has 7 nitrogen and oxygen atoms in total. The molecule has 1 saturated heterocycles. The fourth-order valence-electron chi connectivity index (χ4n) is 3.32. The van der Waals surface area contributed by atoms with Crippen LogP contribution in [0.3, 0.4) is 0 Å². The first kappa shape index (κ1) is 22.8. The van der Waals surface area contributed by atoms with Gasteiger partial charge in [0.05, 0.1) is 28.7 Å². The zero-order chi connectivity index (χ0) is 22.7. The summed E-state index contributed by atoms with van der Waals surface area (Å²) in [6.07, 6.45) is 6.86. The van der Waals surface area contributed by atoms with Gasteiger partial charge in [0.15, 0.2) is 0 Å². The summed E-state index contributed by atoms with van der Waals surface area (Å²) in [5.74, 6) is 0.455. The van der Waals surface area contributed by atoms with E-state index in [1.807, 2.05) is 12.1 Å². The Morgan fingerprint density at radius 3 is 2.59 bits per heavy atom. The van der Waals surface area contributed by atoms with Gasteiger partial charge < -0.3 is 16.0 Å². The van der Waals surface area contributed by atoms with Crippen molar-refractivity contribution in [1.29, 1.82) is 0 Å². The molecule has 2 aromatic heterocycles. The number of amides is 1. The third-order valence-electron chi connectivity index (χ3n) is 5.27. The van der Waals surface area contributed by atoms with Gasteiger partial charge >= 0.3 is 0 Å². The first-order chi connectivity index (χ1) is 15.3. The van der Waals surface area contributed by atoms with Crippen LogP contribution in [-0.4, -0.2) is 39.5 Å². The van der Waals surface area contributed by atoms with Gasteiger partial charge in [0.2, 0.25) is 0 Å². The topological polar surface area (TPSA) is 97.0 Å². The second kappa shape index (κ2) is 9.62. The first-order valence-corrected chi connectivity index (χ1v) is 11.6. The number of benzene rings is 1. The summed E-state index contributed by atoms with van der Waals surface area (Å²) in [5.41, 5.74) is 6.85. The molecule has 0 aliphatic carbocycles. The molecule has 1 fully saturated rings. The number of halogens is 2. The Kier molecular flexibility index (Phi) is 6.85. The Hall–Kier alpha value is -2.39. The van der Waals surface area contributed by atoms with Crippen LogP contribution >= 0.6 is 35.0 Å². The maximum absolute atomic E-state index is 12.5. The van der Waals surface area contributed by atoms with E-state index >= 15 is 0 Å². The van der Waals surface area contributed by atoms with Crippen molar-refractivity contribution in [2.75, 3.05) is 23.3 Å². The fourth-order valence-corrected chi connectivity index (χ4v) is 4.59. The lowest BCUT2D eigenvalue weighted by atomic mass is 9.91. The molecule has 166 valence electrons. The number of anilines is 2. The molecule has 1 amide bonds. The quantitative estimate of drug-likeness (QED) is 0.492. The van der Waals surface area contributed by atoms with Gasteiger partial charge in [-0.05, 0) is 44.0 Å². The molecule has 4 rings (SSSR count). The summed E-state index contributed by atoms with van der Waals surface area (Å²) in [5, 5.41) is 4.04. The van der Waals surface area contributed by atoms with Crippen molar-refractivity contribution in [2.24, 2.45) is 5.73 Å². The van der Waals surface area contributed by atoms with Gasteiger partial charge in [-0.1, -0.05) is 41.0 Å². The highest BCUT2D eigenvalue weighted by Gasteiger charge is 2.26. The van der Waals surface area contributed by atoms with Crippen molar-refractivity contribution in [3.8, 4) is 0 Å². The van der Waals surface area contributed by atoms with Gasteiger partial charge in [0.25, 0.3) is 5.91 Å². The molecule has 0 saturated carbocycles. The zero-order valence-corrected chi connectivity index (χ0v) is 19.7. The van der Waals surface area contributed by atoms with Gasteiger partial charge in [-0.3, -0.25) is 4.79 Å². The molecule has 3 N–H and O–H groups in total. The second-order valence-corrected chi connectivity index (χ2v) is 9.67. The lowest BCUT2D eigenvalue weighted by molar-refractivity contribution is 0.102. The van der Waals surface area contributed by atoms with Crippen molar-refractivity contribution in [3.63, 3.8) is 0 Å². The monoisotopic (exact) mass is 488 g/mol. The highest BCUT2D eigenvalue weighted by Crippen LogP contribution is 2.37. The average Bonchev–Trinajstić information content (AvgIpc) is 2.77. The minimum absolute atomic E-state index is 0.112. The Morgan fingerprint density at radius 1 is 1.12 bits per heavy atom. The maximum atomic E-state index is 12.5. The number of nitrogens with zero attached hydrogens (tertiary/aromatic N) is 4. The van der Waals surface area contributed by atoms with Gasteiger partial charge in [-0.25, -0.2) is 15.0 Å². The molecule has 3 aromatic rings. The van der Waals surface area contributed by atoms with Crippen LogP contribution in [-0.2, 0) is 0 Å². The molecule has 1 aromatic carbocycles.